The molecule has 8 nitrogen and oxygen atoms in total. The molecule has 1 aliphatic heterocycles. The van der Waals surface area contributed by atoms with Crippen molar-refractivity contribution >= 4 is 40.0 Å². The smallest absolute Gasteiger partial charge is 0.411 e. The number of amides is 1. The first-order valence-electron chi connectivity index (χ1n) is 12.1. The van der Waals surface area contributed by atoms with Gasteiger partial charge >= 0.3 is 6.09 Å². The maximum Gasteiger partial charge on any atom is 0.411 e. The number of ether oxygens (including phenoxy) is 3. The Morgan fingerprint density at radius 3 is 2.63 bits per heavy atom. The molecule has 1 saturated heterocycles. The molecule has 0 radical (unpaired) electrons. The van der Waals surface area contributed by atoms with Crippen molar-refractivity contribution in [2.75, 3.05) is 63.0 Å². The van der Waals surface area contributed by atoms with Crippen LogP contribution in [0, 0.1) is 0 Å². The Balaban J connectivity index is 1.46. The molecule has 35 heavy (non-hydrogen) atoms. The maximum atomic E-state index is 11.8. The van der Waals surface area contributed by atoms with E-state index in [2.05, 4.69) is 27.8 Å². The van der Waals surface area contributed by atoms with Gasteiger partial charge in [-0.1, -0.05) is 12.1 Å². The second-order valence-electron chi connectivity index (χ2n) is 8.37. The maximum absolute atomic E-state index is 11.8. The molecule has 1 aliphatic rings. The van der Waals surface area contributed by atoms with Crippen molar-refractivity contribution in [1.82, 2.24) is 9.47 Å². The molecule has 0 aliphatic carbocycles. The Morgan fingerprint density at radius 1 is 1.14 bits per heavy atom. The number of rotatable bonds is 10. The van der Waals surface area contributed by atoms with Gasteiger partial charge in [-0.25, -0.2) is 4.79 Å². The van der Waals surface area contributed by atoms with E-state index in [4.69, 9.17) is 31.5 Å². The SMILES string of the molecule is CCn1c(-c2ccc(NC(=O)OCCCl)cc2)c(N)c2ccc(OCCCN3CCOCC3)cc21. The van der Waals surface area contributed by atoms with Gasteiger partial charge in [-0.3, -0.25) is 10.2 Å². The van der Waals surface area contributed by atoms with Crippen LogP contribution < -0.4 is 15.8 Å². The highest BCUT2D eigenvalue weighted by Gasteiger charge is 2.17. The fourth-order valence-corrected chi connectivity index (χ4v) is 4.46. The van der Waals surface area contributed by atoms with Crippen molar-refractivity contribution < 1.29 is 19.0 Å². The van der Waals surface area contributed by atoms with Gasteiger partial charge in [0.1, 0.15) is 12.4 Å². The van der Waals surface area contributed by atoms with Crippen molar-refractivity contribution in [1.29, 1.82) is 0 Å². The number of carbonyl (C=O) groups excluding carboxylic acids is 1. The summed E-state index contributed by atoms with van der Waals surface area (Å²) in [5.74, 6) is 1.10. The van der Waals surface area contributed by atoms with Crippen LogP contribution in [0.4, 0.5) is 16.2 Å². The van der Waals surface area contributed by atoms with Crippen molar-refractivity contribution in [3.05, 3.63) is 42.5 Å². The molecule has 0 atom stereocenters. The van der Waals surface area contributed by atoms with E-state index in [0.717, 1.165) is 79.4 Å². The van der Waals surface area contributed by atoms with E-state index in [-0.39, 0.29) is 12.5 Å². The minimum absolute atomic E-state index is 0.165. The predicted molar refractivity (Wildman–Crippen MR) is 141 cm³/mol. The van der Waals surface area contributed by atoms with E-state index in [9.17, 15) is 4.79 Å². The number of nitrogen functional groups attached to an aromatic ring is 1. The number of carbonyl (C=O) groups is 1. The minimum Gasteiger partial charge on any atom is -0.493 e. The van der Waals surface area contributed by atoms with Gasteiger partial charge in [-0.15, -0.1) is 11.6 Å². The number of fused-ring (bicyclic) bond motifs is 1. The monoisotopic (exact) mass is 500 g/mol. The number of hydrogen-bond donors (Lipinski definition) is 2. The van der Waals surface area contributed by atoms with Gasteiger partial charge in [0.25, 0.3) is 0 Å². The highest BCUT2D eigenvalue weighted by Crippen LogP contribution is 2.38. The van der Waals surface area contributed by atoms with Crippen molar-refractivity contribution in [3.8, 4) is 17.0 Å². The first-order chi connectivity index (χ1) is 17.1. The Bertz CT molecular complexity index is 1130. The van der Waals surface area contributed by atoms with Crippen LogP contribution in [0.25, 0.3) is 22.2 Å². The molecular formula is C26H33ClN4O4. The molecular weight excluding hydrogens is 468 g/mol. The molecule has 0 spiro atoms. The number of nitrogens with zero attached hydrogens (tertiary/aromatic N) is 2. The Kier molecular flexibility index (Phi) is 8.74. The topological polar surface area (TPSA) is 91.0 Å². The van der Waals surface area contributed by atoms with Gasteiger partial charge < -0.3 is 24.5 Å². The average molecular weight is 501 g/mol. The summed E-state index contributed by atoms with van der Waals surface area (Å²) < 4.78 is 18.6. The molecule has 2 aromatic carbocycles. The number of anilines is 2. The van der Waals surface area contributed by atoms with E-state index in [0.29, 0.717) is 12.3 Å². The molecule has 188 valence electrons. The normalized spacial score (nSPS) is 14.2. The van der Waals surface area contributed by atoms with Gasteiger partial charge in [0, 0.05) is 48.9 Å². The standard InChI is InChI=1S/C26H33ClN4O4/c1-2-31-23-18-21(34-14-3-11-30-12-16-33-17-13-30)8-9-22(23)24(28)25(31)19-4-6-20(7-5-19)29-26(32)35-15-10-27/h4-9,18H,2-3,10-17,28H2,1H3,(H,29,32). The largest absolute Gasteiger partial charge is 0.493 e. The van der Waals surface area contributed by atoms with Crippen LogP contribution in [0.2, 0.25) is 0 Å². The molecule has 2 heterocycles. The fraction of sp³-hybridized carbons (Fsp3) is 0.423. The zero-order valence-electron chi connectivity index (χ0n) is 20.1. The lowest BCUT2D eigenvalue weighted by molar-refractivity contribution is 0.0358. The Morgan fingerprint density at radius 2 is 1.91 bits per heavy atom. The van der Waals surface area contributed by atoms with Crippen molar-refractivity contribution in [3.63, 3.8) is 0 Å². The number of nitrogens with two attached hydrogens (primary N) is 1. The van der Waals surface area contributed by atoms with Crippen LogP contribution in [-0.4, -0.2) is 67.5 Å². The lowest BCUT2D eigenvalue weighted by Crippen LogP contribution is -2.37. The quantitative estimate of drug-likeness (QED) is 0.307. The molecule has 0 unspecified atom stereocenters. The number of benzene rings is 2. The van der Waals surface area contributed by atoms with E-state index in [1.54, 1.807) is 0 Å². The first kappa shape index (κ1) is 25.2. The third-order valence-electron chi connectivity index (χ3n) is 6.10. The third-order valence-corrected chi connectivity index (χ3v) is 6.25. The molecule has 1 fully saturated rings. The Labute approximate surface area is 210 Å². The number of aryl methyl sites for hydroxylation is 1. The molecule has 1 aromatic heterocycles. The van der Waals surface area contributed by atoms with Gasteiger partial charge in [0.15, 0.2) is 0 Å². The molecule has 3 aromatic rings. The highest BCUT2D eigenvalue weighted by molar-refractivity contribution is 6.18. The number of hydrogen-bond acceptors (Lipinski definition) is 6. The summed E-state index contributed by atoms with van der Waals surface area (Å²) in [6.07, 6.45) is 0.443. The van der Waals surface area contributed by atoms with Crippen molar-refractivity contribution in [2.24, 2.45) is 0 Å². The van der Waals surface area contributed by atoms with Gasteiger partial charge in [0.2, 0.25) is 0 Å². The first-order valence-corrected chi connectivity index (χ1v) is 12.6. The third kappa shape index (κ3) is 6.20. The average Bonchev–Trinajstić information content (AvgIpc) is 3.17. The van der Waals surface area contributed by atoms with Crippen LogP contribution in [-0.2, 0) is 16.0 Å². The number of alkyl halides is 1. The molecule has 0 saturated carbocycles. The summed E-state index contributed by atoms with van der Waals surface area (Å²) in [5, 5.41) is 3.69. The predicted octanol–water partition coefficient (Wildman–Crippen LogP) is 4.80. The molecule has 3 N–H and O–H groups in total. The second-order valence-corrected chi connectivity index (χ2v) is 8.75. The van der Waals surface area contributed by atoms with E-state index in [1.807, 2.05) is 36.4 Å². The summed E-state index contributed by atoms with van der Waals surface area (Å²) in [6.45, 7) is 8.32. The molecule has 0 bridgehead atoms. The van der Waals surface area contributed by atoms with Crippen LogP contribution >= 0.6 is 11.6 Å². The molecule has 4 rings (SSSR count). The Hall–Kier alpha value is -2.94. The lowest BCUT2D eigenvalue weighted by Gasteiger charge is -2.26. The zero-order valence-corrected chi connectivity index (χ0v) is 20.9. The number of morpholine rings is 1. The summed E-state index contributed by atoms with van der Waals surface area (Å²) in [6, 6.07) is 13.6. The lowest BCUT2D eigenvalue weighted by atomic mass is 10.1. The van der Waals surface area contributed by atoms with E-state index >= 15 is 0 Å². The van der Waals surface area contributed by atoms with Gasteiger partial charge in [-0.2, -0.15) is 0 Å². The van der Waals surface area contributed by atoms with Crippen LogP contribution in [0.5, 0.6) is 5.75 Å². The van der Waals surface area contributed by atoms with Crippen molar-refractivity contribution in [2.45, 2.75) is 19.9 Å². The zero-order chi connectivity index (χ0) is 24.6. The van der Waals surface area contributed by atoms with Crippen LogP contribution in [0.15, 0.2) is 42.5 Å². The fourth-order valence-electron chi connectivity index (χ4n) is 4.39. The molecule has 9 heteroatoms. The summed E-state index contributed by atoms with van der Waals surface area (Å²) in [7, 11) is 0. The highest BCUT2D eigenvalue weighted by atomic mass is 35.5. The van der Waals surface area contributed by atoms with E-state index in [1.165, 1.54) is 0 Å². The summed E-state index contributed by atoms with van der Waals surface area (Å²) >= 11 is 5.55. The summed E-state index contributed by atoms with van der Waals surface area (Å²) in [4.78, 5) is 14.2. The van der Waals surface area contributed by atoms with Crippen LogP contribution in [0.1, 0.15) is 13.3 Å². The summed E-state index contributed by atoms with van der Waals surface area (Å²) in [5.41, 5.74) is 10.9. The number of nitrogens with one attached hydrogen (secondary N) is 1. The van der Waals surface area contributed by atoms with Crippen LogP contribution in [0.3, 0.4) is 0 Å². The van der Waals surface area contributed by atoms with E-state index < -0.39 is 6.09 Å². The molecule has 1 amide bonds. The number of aromatic nitrogens is 1. The van der Waals surface area contributed by atoms with Gasteiger partial charge in [-0.05, 0) is 37.6 Å². The van der Waals surface area contributed by atoms with Gasteiger partial charge in [0.05, 0.1) is 42.6 Å². The minimum atomic E-state index is -0.530. The number of halogens is 1. The second kappa shape index (κ2) is 12.2.